The van der Waals surface area contributed by atoms with Crippen molar-refractivity contribution >= 4 is 33.7 Å². The summed E-state index contributed by atoms with van der Waals surface area (Å²) in [6.45, 7) is 6.88. The molecule has 8 heteroatoms. The van der Waals surface area contributed by atoms with Crippen LogP contribution < -0.4 is 5.73 Å². The van der Waals surface area contributed by atoms with E-state index in [9.17, 15) is 4.79 Å². The molecule has 2 aromatic rings. The zero-order chi connectivity index (χ0) is 20.4. The molecule has 4 rings (SSSR count). The maximum atomic E-state index is 11.5. The Morgan fingerprint density at radius 2 is 2.17 bits per heavy atom. The van der Waals surface area contributed by atoms with Crippen molar-refractivity contribution in [2.75, 3.05) is 32.7 Å². The molecule has 0 aliphatic carbocycles. The highest BCUT2D eigenvalue weighted by Gasteiger charge is 2.34. The van der Waals surface area contributed by atoms with Gasteiger partial charge in [-0.15, -0.1) is 0 Å². The van der Waals surface area contributed by atoms with Gasteiger partial charge in [0, 0.05) is 43.3 Å². The summed E-state index contributed by atoms with van der Waals surface area (Å²) in [6, 6.07) is 7.98. The summed E-state index contributed by atoms with van der Waals surface area (Å²) in [5.41, 5.74) is 8.54. The van der Waals surface area contributed by atoms with E-state index in [0.29, 0.717) is 5.56 Å². The molecule has 0 saturated carbocycles. The molecule has 0 spiro atoms. The van der Waals surface area contributed by atoms with Gasteiger partial charge in [-0.1, -0.05) is 11.8 Å². The number of nitriles is 1. The maximum Gasteiger partial charge on any atom is 0.233 e. The number of benzene rings is 1. The number of nitrogens with two attached hydrogens (primary N) is 1. The number of aryl methyl sites for hydroxylation is 1. The van der Waals surface area contributed by atoms with Crippen LogP contribution in [0.15, 0.2) is 29.4 Å². The van der Waals surface area contributed by atoms with Crippen molar-refractivity contribution in [3.8, 4) is 6.07 Å². The van der Waals surface area contributed by atoms with Gasteiger partial charge < -0.3 is 15.6 Å². The molecule has 7 nitrogen and oxygen atoms in total. The number of aliphatic imine (C=N–C) groups is 1. The van der Waals surface area contributed by atoms with Gasteiger partial charge in [0.05, 0.1) is 17.7 Å². The van der Waals surface area contributed by atoms with Crippen LogP contribution in [0.3, 0.4) is 0 Å². The zero-order valence-electron chi connectivity index (χ0n) is 16.6. The summed E-state index contributed by atoms with van der Waals surface area (Å²) in [5, 5.41) is 11.0. The lowest BCUT2D eigenvalue weighted by Gasteiger charge is -2.35. The number of aromatic amines is 1. The number of carbonyl (C=O) groups excluding carboxylic acids is 1. The van der Waals surface area contributed by atoms with Gasteiger partial charge in [0.15, 0.2) is 5.17 Å². The third kappa shape index (κ3) is 4.26. The Labute approximate surface area is 174 Å². The standard InChI is InChI=1S/C21H26N6OS/c1-14-19(20(23)28)29-21(25-14)27-9-7-26(8-10-27)6-2-3-16-13-24-18-5-4-15(12-22)11-17(16)18/h4-5,11,13-14,19,24H,2-3,6-10H2,1H3,(H2,23,28). The van der Waals surface area contributed by atoms with Gasteiger partial charge in [0.2, 0.25) is 5.91 Å². The molecular formula is C21H26N6OS. The Balaban J connectivity index is 1.26. The second-order valence-electron chi connectivity index (χ2n) is 7.71. The predicted octanol–water partition coefficient (Wildman–Crippen LogP) is 1.93. The van der Waals surface area contributed by atoms with Crippen molar-refractivity contribution in [1.82, 2.24) is 14.8 Å². The molecule has 2 unspecified atom stereocenters. The van der Waals surface area contributed by atoms with Crippen LogP contribution in [-0.4, -0.2) is 69.9 Å². The summed E-state index contributed by atoms with van der Waals surface area (Å²) in [7, 11) is 0. The number of carbonyl (C=O) groups is 1. The lowest BCUT2D eigenvalue weighted by Crippen LogP contribution is -2.48. The Morgan fingerprint density at radius 1 is 1.38 bits per heavy atom. The summed E-state index contributed by atoms with van der Waals surface area (Å²) in [5.74, 6) is -0.279. The number of thioether (sulfide) groups is 1. The highest BCUT2D eigenvalue weighted by molar-refractivity contribution is 8.15. The van der Waals surface area contributed by atoms with E-state index in [1.165, 1.54) is 17.3 Å². The number of amides is 1. The Bertz CT molecular complexity index is 969. The van der Waals surface area contributed by atoms with Crippen LogP contribution in [0.1, 0.15) is 24.5 Å². The number of primary amides is 1. The molecule has 0 radical (unpaired) electrons. The maximum absolute atomic E-state index is 11.5. The fraction of sp³-hybridized carbons (Fsp3) is 0.476. The molecule has 2 aliphatic heterocycles. The monoisotopic (exact) mass is 410 g/mol. The molecule has 152 valence electrons. The zero-order valence-corrected chi connectivity index (χ0v) is 17.4. The molecule has 2 atom stereocenters. The van der Waals surface area contributed by atoms with E-state index in [-0.39, 0.29) is 17.2 Å². The van der Waals surface area contributed by atoms with Crippen molar-refractivity contribution < 1.29 is 4.79 Å². The predicted molar refractivity (Wildman–Crippen MR) is 117 cm³/mol. The first-order valence-corrected chi connectivity index (χ1v) is 10.9. The second-order valence-corrected chi connectivity index (χ2v) is 8.82. The average Bonchev–Trinajstić information content (AvgIpc) is 3.31. The van der Waals surface area contributed by atoms with E-state index in [1.54, 1.807) is 0 Å². The molecule has 0 bridgehead atoms. The van der Waals surface area contributed by atoms with Crippen LogP contribution in [0.25, 0.3) is 10.9 Å². The number of hydrogen-bond donors (Lipinski definition) is 2. The minimum atomic E-state index is -0.279. The lowest BCUT2D eigenvalue weighted by atomic mass is 10.1. The first-order valence-electron chi connectivity index (χ1n) is 10.1. The van der Waals surface area contributed by atoms with E-state index in [2.05, 4.69) is 32.0 Å². The van der Waals surface area contributed by atoms with E-state index >= 15 is 0 Å². The third-order valence-corrected chi connectivity index (χ3v) is 7.18. The van der Waals surface area contributed by atoms with Gasteiger partial charge in [-0.2, -0.15) is 5.26 Å². The van der Waals surface area contributed by atoms with Gasteiger partial charge in [-0.25, -0.2) is 0 Å². The Hall–Kier alpha value is -2.50. The minimum Gasteiger partial charge on any atom is -0.369 e. The van der Waals surface area contributed by atoms with Gasteiger partial charge in [-0.05, 0) is 50.1 Å². The van der Waals surface area contributed by atoms with Crippen LogP contribution >= 0.6 is 11.8 Å². The average molecular weight is 411 g/mol. The van der Waals surface area contributed by atoms with Crippen LogP contribution in [-0.2, 0) is 11.2 Å². The molecule has 1 saturated heterocycles. The first kappa shape index (κ1) is 19.8. The minimum absolute atomic E-state index is 0.0387. The highest BCUT2D eigenvalue weighted by Crippen LogP contribution is 2.29. The summed E-state index contributed by atoms with van der Waals surface area (Å²) in [6.07, 6.45) is 4.14. The number of amidine groups is 1. The van der Waals surface area contributed by atoms with Gasteiger partial charge in [-0.3, -0.25) is 14.7 Å². The summed E-state index contributed by atoms with van der Waals surface area (Å²) >= 11 is 1.51. The Morgan fingerprint density at radius 3 is 2.86 bits per heavy atom. The van der Waals surface area contributed by atoms with E-state index in [0.717, 1.165) is 61.6 Å². The largest absolute Gasteiger partial charge is 0.369 e. The molecule has 1 amide bonds. The summed E-state index contributed by atoms with van der Waals surface area (Å²) < 4.78 is 0. The molecule has 29 heavy (non-hydrogen) atoms. The molecule has 3 N–H and O–H groups in total. The number of hydrogen-bond acceptors (Lipinski definition) is 6. The van der Waals surface area contributed by atoms with E-state index in [1.807, 2.05) is 25.1 Å². The fourth-order valence-electron chi connectivity index (χ4n) is 4.05. The number of rotatable bonds is 5. The number of nitrogens with one attached hydrogen (secondary N) is 1. The first-order chi connectivity index (χ1) is 14.0. The molecule has 1 aromatic carbocycles. The van der Waals surface area contributed by atoms with Crippen molar-refractivity contribution in [3.05, 3.63) is 35.5 Å². The third-order valence-electron chi connectivity index (χ3n) is 5.72. The fourth-order valence-corrected chi connectivity index (χ4v) is 5.21. The summed E-state index contributed by atoms with van der Waals surface area (Å²) in [4.78, 5) is 24.2. The smallest absolute Gasteiger partial charge is 0.233 e. The number of H-pyrrole nitrogens is 1. The molecular weight excluding hydrogens is 384 g/mol. The van der Waals surface area contributed by atoms with Crippen LogP contribution in [0.5, 0.6) is 0 Å². The number of aromatic nitrogens is 1. The van der Waals surface area contributed by atoms with Crippen LogP contribution in [0.2, 0.25) is 0 Å². The van der Waals surface area contributed by atoms with E-state index in [4.69, 9.17) is 11.0 Å². The molecule has 1 fully saturated rings. The molecule has 1 aromatic heterocycles. The van der Waals surface area contributed by atoms with E-state index < -0.39 is 0 Å². The van der Waals surface area contributed by atoms with Crippen molar-refractivity contribution in [2.45, 2.75) is 31.1 Å². The molecule has 2 aliphatic rings. The van der Waals surface area contributed by atoms with Crippen LogP contribution in [0, 0.1) is 11.3 Å². The van der Waals surface area contributed by atoms with Crippen molar-refractivity contribution in [2.24, 2.45) is 10.7 Å². The number of fused-ring (bicyclic) bond motifs is 1. The Kier molecular flexibility index (Phi) is 5.79. The van der Waals surface area contributed by atoms with Crippen LogP contribution in [0.4, 0.5) is 0 Å². The highest BCUT2D eigenvalue weighted by atomic mass is 32.2. The van der Waals surface area contributed by atoms with Gasteiger partial charge in [0.25, 0.3) is 0 Å². The SMILES string of the molecule is CC1N=C(N2CCN(CCCc3c[nH]c4ccc(C#N)cc34)CC2)SC1C(N)=O. The molecule has 3 heterocycles. The van der Waals surface area contributed by atoms with Gasteiger partial charge in [0.1, 0.15) is 5.25 Å². The van der Waals surface area contributed by atoms with Gasteiger partial charge >= 0.3 is 0 Å². The second kappa shape index (κ2) is 8.47. The van der Waals surface area contributed by atoms with Crippen molar-refractivity contribution in [1.29, 1.82) is 5.26 Å². The topological polar surface area (TPSA) is 102 Å². The van der Waals surface area contributed by atoms with Crippen molar-refractivity contribution in [3.63, 3.8) is 0 Å². The lowest BCUT2D eigenvalue weighted by molar-refractivity contribution is -0.117. The normalized spacial score (nSPS) is 22.6. The number of piperazine rings is 1. The quantitative estimate of drug-likeness (QED) is 0.784. The number of nitrogens with zero attached hydrogens (tertiary/aromatic N) is 4.